The first-order chi connectivity index (χ1) is 18.1. The molecule has 1 aromatic carbocycles. The number of amides is 1. The maximum atomic E-state index is 15.4. The summed E-state index contributed by atoms with van der Waals surface area (Å²) in [6, 6.07) is 6.34. The second-order valence-electron chi connectivity index (χ2n) is 9.71. The molecule has 2 saturated heterocycles. The number of anilines is 1. The molecule has 5 heterocycles. The van der Waals surface area contributed by atoms with Crippen LogP contribution in [0.4, 0.5) is 23.2 Å². The number of carbonyl (C=O) groups excluding carboxylic acids is 1. The Labute approximate surface area is 218 Å². The summed E-state index contributed by atoms with van der Waals surface area (Å²) in [4.78, 5) is 24.5. The number of hydrogen-bond donors (Lipinski definition) is 1. The molecule has 0 spiro atoms. The number of halogens is 4. The Morgan fingerprint density at radius 1 is 1.32 bits per heavy atom. The maximum Gasteiger partial charge on any atom is 0.406 e. The van der Waals surface area contributed by atoms with E-state index in [1.165, 1.54) is 23.0 Å². The predicted octanol–water partition coefficient (Wildman–Crippen LogP) is 3.87. The monoisotopic (exact) mass is 549 g/mol. The van der Waals surface area contributed by atoms with Crippen molar-refractivity contribution >= 4 is 33.8 Å². The highest BCUT2D eigenvalue weighted by atomic mass is 32.1. The van der Waals surface area contributed by atoms with E-state index in [4.69, 9.17) is 4.52 Å². The SMILES string of the molecule is CN1CC[C@H]2N(c3cccc4c3cc(-c3noc(CNC(=O)c5cncs5)n3)n4CC(F)(F)F)C[C@]2(F)C1. The van der Waals surface area contributed by atoms with Crippen LogP contribution in [-0.2, 0) is 13.1 Å². The van der Waals surface area contributed by atoms with Gasteiger partial charge in [-0.2, -0.15) is 18.2 Å². The second-order valence-corrected chi connectivity index (χ2v) is 10.6. The molecule has 9 nitrogen and oxygen atoms in total. The molecule has 1 amide bonds. The molecule has 0 bridgehead atoms. The van der Waals surface area contributed by atoms with Gasteiger partial charge in [0.1, 0.15) is 11.4 Å². The van der Waals surface area contributed by atoms with Crippen LogP contribution >= 0.6 is 11.3 Å². The first-order valence-corrected chi connectivity index (χ1v) is 12.8. The molecule has 0 radical (unpaired) electrons. The lowest BCUT2D eigenvalue weighted by Gasteiger charge is -2.58. The van der Waals surface area contributed by atoms with Gasteiger partial charge in [0, 0.05) is 24.2 Å². The van der Waals surface area contributed by atoms with Gasteiger partial charge in [-0.3, -0.25) is 9.78 Å². The van der Waals surface area contributed by atoms with E-state index in [2.05, 4.69) is 20.4 Å². The summed E-state index contributed by atoms with van der Waals surface area (Å²) in [5, 5.41) is 7.07. The summed E-state index contributed by atoms with van der Waals surface area (Å²) in [7, 11) is 1.88. The Morgan fingerprint density at radius 3 is 2.89 bits per heavy atom. The van der Waals surface area contributed by atoms with Gasteiger partial charge in [0.05, 0.1) is 42.0 Å². The molecule has 3 aromatic heterocycles. The molecule has 2 aliphatic rings. The topological polar surface area (TPSA) is 92.3 Å². The molecule has 14 heteroatoms. The van der Waals surface area contributed by atoms with E-state index in [0.29, 0.717) is 34.4 Å². The summed E-state index contributed by atoms with van der Waals surface area (Å²) < 4.78 is 62.7. The maximum absolute atomic E-state index is 15.4. The number of thiazole rings is 1. The number of hydrogen-bond acceptors (Lipinski definition) is 8. The van der Waals surface area contributed by atoms with Gasteiger partial charge in [-0.15, -0.1) is 11.3 Å². The molecule has 2 aliphatic heterocycles. The highest BCUT2D eigenvalue weighted by Gasteiger charge is 2.56. The zero-order chi connectivity index (χ0) is 26.7. The van der Waals surface area contributed by atoms with Gasteiger partial charge in [-0.1, -0.05) is 11.2 Å². The fourth-order valence-corrected chi connectivity index (χ4v) is 5.95. The number of piperidine rings is 1. The molecular formula is C24H23F4N7O2S. The van der Waals surface area contributed by atoms with E-state index in [-0.39, 0.29) is 42.4 Å². The number of nitrogens with one attached hydrogen (secondary N) is 1. The van der Waals surface area contributed by atoms with Crippen LogP contribution in [0.2, 0.25) is 0 Å². The fraction of sp³-hybridized carbons (Fsp3) is 0.417. The number of aromatic nitrogens is 4. The van der Waals surface area contributed by atoms with Crippen molar-refractivity contribution < 1.29 is 26.9 Å². The summed E-state index contributed by atoms with van der Waals surface area (Å²) in [6.07, 6.45) is -2.46. The molecule has 0 unspecified atom stereocenters. The zero-order valence-electron chi connectivity index (χ0n) is 20.2. The normalized spacial score (nSPS) is 21.9. The molecule has 0 aliphatic carbocycles. The number of fused-ring (bicyclic) bond motifs is 2. The summed E-state index contributed by atoms with van der Waals surface area (Å²) in [5.41, 5.74) is 1.30. The third-order valence-corrected chi connectivity index (χ3v) is 7.82. The predicted molar refractivity (Wildman–Crippen MR) is 132 cm³/mol. The first kappa shape index (κ1) is 24.8. The van der Waals surface area contributed by atoms with E-state index < -0.39 is 18.4 Å². The van der Waals surface area contributed by atoms with Crippen LogP contribution in [0, 0.1) is 0 Å². The molecule has 38 heavy (non-hydrogen) atoms. The van der Waals surface area contributed by atoms with Gasteiger partial charge in [0.2, 0.25) is 11.7 Å². The van der Waals surface area contributed by atoms with Gasteiger partial charge < -0.3 is 24.2 Å². The average Bonchev–Trinajstić information content (AvgIpc) is 3.60. The minimum absolute atomic E-state index is 0.0400. The van der Waals surface area contributed by atoms with Gasteiger partial charge >= 0.3 is 6.18 Å². The number of rotatable bonds is 6. The fourth-order valence-electron chi connectivity index (χ4n) is 5.41. The third-order valence-electron chi connectivity index (χ3n) is 7.05. The van der Waals surface area contributed by atoms with Crippen molar-refractivity contribution in [2.45, 2.75) is 37.4 Å². The molecule has 4 aromatic rings. The Hall–Kier alpha value is -3.52. The van der Waals surface area contributed by atoms with Crippen molar-refractivity contribution in [3.63, 3.8) is 0 Å². The van der Waals surface area contributed by atoms with Crippen LogP contribution in [0.5, 0.6) is 0 Å². The standard InChI is InChI=1S/C24H23F4N7O2S/c1-33-6-5-19-23(25,10-33)11-35(19)16-4-2-3-15-14(16)7-17(34(15)12-24(26,27)28)21-31-20(37-32-21)9-30-22(36)18-8-29-13-38-18/h2-4,7-8,13,19H,5-6,9-12H2,1H3,(H,30,36)/t19-,23-/m1/s1. The van der Waals surface area contributed by atoms with Crippen LogP contribution in [0.25, 0.3) is 22.4 Å². The number of carbonyl (C=O) groups is 1. The van der Waals surface area contributed by atoms with E-state index in [1.54, 1.807) is 24.3 Å². The second kappa shape index (κ2) is 9.05. The number of likely N-dealkylation sites (tertiary alicyclic amines) is 1. The van der Waals surface area contributed by atoms with Gasteiger partial charge in [0.25, 0.3) is 5.91 Å². The minimum atomic E-state index is -4.51. The lowest BCUT2D eigenvalue weighted by molar-refractivity contribution is -0.139. The summed E-state index contributed by atoms with van der Waals surface area (Å²) >= 11 is 1.17. The van der Waals surface area contributed by atoms with Crippen LogP contribution in [0.3, 0.4) is 0 Å². The highest BCUT2D eigenvalue weighted by molar-refractivity contribution is 7.11. The van der Waals surface area contributed by atoms with Gasteiger partial charge in [-0.25, -0.2) is 4.39 Å². The van der Waals surface area contributed by atoms with Crippen molar-refractivity contribution in [1.82, 2.24) is 29.9 Å². The van der Waals surface area contributed by atoms with Crippen molar-refractivity contribution in [3.05, 3.63) is 46.7 Å². The van der Waals surface area contributed by atoms with Crippen molar-refractivity contribution in [3.8, 4) is 11.5 Å². The molecule has 2 atom stereocenters. The molecule has 6 rings (SSSR count). The number of benzene rings is 1. The summed E-state index contributed by atoms with van der Waals surface area (Å²) in [5.74, 6) is -0.380. The smallest absolute Gasteiger partial charge is 0.361 e. The zero-order valence-corrected chi connectivity index (χ0v) is 21.0. The Bertz CT molecular complexity index is 1480. The lowest BCUT2D eigenvalue weighted by atomic mass is 9.79. The Morgan fingerprint density at radius 2 is 2.16 bits per heavy atom. The van der Waals surface area contributed by atoms with Crippen LogP contribution in [0.15, 0.2) is 40.5 Å². The molecule has 1 N–H and O–H groups in total. The van der Waals surface area contributed by atoms with Crippen molar-refractivity contribution in [2.24, 2.45) is 0 Å². The largest absolute Gasteiger partial charge is 0.406 e. The molecular weight excluding hydrogens is 526 g/mol. The molecule has 2 fully saturated rings. The molecule has 200 valence electrons. The Balaban J connectivity index is 1.33. The van der Waals surface area contributed by atoms with Crippen molar-refractivity contribution in [1.29, 1.82) is 0 Å². The lowest BCUT2D eigenvalue weighted by Crippen LogP contribution is -2.73. The van der Waals surface area contributed by atoms with Crippen LogP contribution in [0.1, 0.15) is 22.0 Å². The minimum Gasteiger partial charge on any atom is -0.361 e. The van der Waals surface area contributed by atoms with Gasteiger partial charge in [-0.05, 0) is 31.7 Å². The quantitative estimate of drug-likeness (QED) is 0.365. The first-order valence-electron chi connectivity index (χ1n) is 11.9. The summed E-state index contributed by atoms with van der Waals surface area (Å²) in [6.45, 7) is -0.115. The Kier molecular flexibility index (Phi) is 5.90. The third kappa shape index (κ3) is 4.41. The molecule has 0 saturated carbocycles. The van der Waals surface area contributed by atoms with E-state index >= 15 is 4.39 Å². The van der Waals surface area contributed by atoms with E-state index in [0.717, 1.165) is 11.1 Å². The average molecular weight is 550 g/mol. The van der Waals surface area contributed by atoms with E-state index in [1.807, 2.05) is 16.8 Å². The van der Waals surface area contributed by atoms with Gasteiger partial charge in [0.15, 0.2) is 5.67 Å². The van der Waals surface area contributed by atoms with E-state index in [9.17, 15) is 18.0 Å². The number of nitrogens with zero attached hydrogens (tertiary/aromatic N) is 6. The van der Waals surface area contributed by atoms with Crippen LogP contribution < -0.4 is 10.2 Å². The highest BCUT2D eigenvalue weighted by Crippen LogP contribution is 2.45. The van der Waals surface area contributed by atoms with Crippen LogP contribution in [-0.4, -0.2) is 75.1 Å². The number of alkyl halides is 4. The van der Waals surface area contributed by atoms with Crippen molar-refractivity contribution in [2.75, 3.05) is 31.6 Å².